The molecule has 0 spiro atoms. The van der Waals surface area contributed by atoms with Crippen LogP contribution >= 0.6 is 11.3 Å². The van der Waals surface area contributed by atoms with Gasteiger partial charge in [-0.05, 0) is 49.9 Å². The van der Waals surface area contributed by atoms with Crippen molar-refractivity contribution in [1.29, 1.82) is 0 Å². The van der Waals surface area contributed by atoms with Gasteiger partial charge in [-0.25, -0.2) is 23.4 Å². The van der Waals surface area contributed by atoms with Crippen molar-refractivity contribution in [3.8, 4) is 0 Å². The molecular formula is C22H24N6O3S2. The molecule has 33 heavy (non-hydrogen) atoms. The Morgan fingerprint density at radius 1 is 1.09 bits per heavy atom. The minimum Gasteiger partial charge on any atom is -0.356 e. The number of thiazole rings is 1. The van der Waals surface area contributed by atoms with Crippen molar-refractivity contribution in [1.82, 2.24) is 15.0 Å². The molecule has 1 amide bonds. The Balaban J connectivity index is 1.21. The maximum Gasteiger partial charge on any atom is 0.263 e. The van der Waals surface area contributed by atoms with Gasteiger partial charge in [0.05, 0.1) is 10.8 Å². The van der Waals surface area contributed by atoms with E-state index in [0.717, 1.165) is 30.9 Å². The van der Waals surface area contributed by atoms with E-state index < -0.39 is 10.0 Å². The van der Waals surface area contributed by atoms with E-state index in [0.29, 0.717) is 23.3 Å². The summed E-state index contributed by atoms with van der Waals surface area (Å²) in [5.41, 5.74) is 1.65. The third-order valence-electron chi connectivity index (χ3n) is 5.87. The Kier molecular flexibility index (Phi) is 5.98. The molecular weight excluding hydrogens is 460 g/mol. The van der Waals surface area contributed by atoms with Crippen LogP contribution in [0.1, 0.15) is 37.3 Å². The molecule has 2 fully saturated rings. The largest absolute Gasteiger partial charge is 0.356 e. The third kappa shape index (κ3) is 5.14. The second kappa shape index (κ2) is 9.06. The number of hydrogen-bond donors (Lipinski definition) is 2. The molecule has 1 aliphatic heterocycles. The highest BCUT2D eigenvalue weighted by atomic mass is 32.2. The first-order valence-electron chi connectivity index (χ1n) is 10.9. The topological polar surface area (TPSA) is 117 Å². The molecule has 0 radical (unpaired) electrons. The summed E-state index contributed by atoms with van der Waals surface area (Å²) in [6.07, 6.45) is 7.22. The number of sulfonamides is 1. The summed E-state index contributed by atoms with van der Waals surface area (Å²) in [7, 11) is -3.73. The maximum absolute atomic E-state index is 12.9. The van der Waals surface area contributed by atoms with Crippen LogP contribution in [0, 0.1) is 5.92 Å². The van der Waals surface area contributed by atoms with Crippen molar-refractivity contribution in [2.75, 3.05) is 28.0 Å². The zero-order chi connectivity index (χ0) is 22.8. The van der Waals surface area contributed by atoms with Crippen molar-refractivity contribution in [3.05, 3.63) is 53.9 Å². The van der Waals surface area contributed by atoms with Gasteiger partial charge in [-0.3, -0.25) is 9.52 Å². The SMILES string of the molecule is O=C(Nc1ccc(S(=O)(=O)Nc2nccs2)cc1)[C@H]1CCCN(c2cc(C3CC3)ncn2)C1. The van der Waals surface area contributed by atoms with Crippen molar-refractivity contribution in [2.45, 2.75) is 36.5 Å². The van der Waals surface area contributed by atoms with Gasteiger partial charge in [0, 0.05) is 48.0 Å². The lowest BCUT2D eigenvalue weighted by atomic mass is 9.97. The van der Waals surface area contributed by atoms with Crippen LogP contribution in [0.4, 0.5) is 16.6 Å². The van der Waals surface area contributed by atoms with Crippen LogP contribution in [0.15, 0.2) is 53.1 Å². The summed E-state index contributed by atoms with van der Waals surface area (Å²) in [6.45, 7) is 1.46. The first kappa shape index (κ1) is 21.8. The van der Waals surface area contributed by atoms with Gasteiger partial charge in [-0.15, -0.1) is 11.3 Å². The molecule has 0 unspecified atom stereocenters. The molecule has 3 aromatic rings. The number of hydrogen-bond acceptors (Lipinski definition) is 8. The summed E-state index contributed by atoms with van der Waals surface area (Å²) in [5.74, 6) is 1.19. The van der Waals surface area contributed by atoms with Crippen LogP contribution in [0.2, 0.25) is 0 Å². The van der Waals surface area contributed by atoms with E-state index in [9.17, 15) is 13.2 Å². The number of rotatable bonds is 7. The van der Waals surface area contributed by atoms with Crippen LogP contribution in [0.5, 0.6) is 0 Å². The fraction of sp³-hybridized carbons (Fsp3) is 0.364. The standard InChI is InChI=1S/C22H24N6O3S2/c29-21(16-2-1-10-28(13-16)20-12-19(15-3-4-15)24-14-25-20)26-17-5-7-18(8-6-17)33(30,31)27-22-23-9-11-32-22/h5-9,11-12,14-16H,1-4,10,13H2,(H,23,27)(H,26,29)/t16-/m0/s1. The number of aromatic nitrogens is 3. The van der Waals surface area contributed by atoms with Crippen molar-refractivity contribution < 1.29 is 13.2 Å². The fourth-order valence-corrected chi connectivity index (χ4v) is 5.73. The zero-order valence-corrected chi connectivity index (χ0v) is 19.5. The molecule has 1 atom stereocenters. The van der Waals surface area contributed by atoms with Crippen LogP contribution in [-0.4, -0.2) is 42.4 Å². The number of piperidine rings is 1. The Labute approximate surface area is 196 Å². The molecule has 3 heterocycles. The molecule has 1 saturated carbocycles. The number of carbonyl (C=O) groups is 1. The third-order valence-corrected chi connectivity index (χ3v) is 8.04. The lowest BCUT2D eigenvalue weighted by Gasteiger charge is -2.33. The Bertz CT molecular complexity index is 1230. The van der Waals surface area contributed by atoms with Crippen LogP contribution in [0.25, 0.3) is 0 Å². The normalized spacial score (nSPS) is 18.7. The van der Waals surface area contributed by atoms with Gasteiger partial charge in [0.1, 0.15) is 12.1 Å². The second-order valence-electron chi connectivity index (χ2n) is 8.32. The first-order valence-corrected chi connectivity index (χ1v) is 13.2. The molecule has 11 heteroatoms. The molecule has 9 nitrogen and oxygen atoms in total. The highest BCUT2D eigenvalue weighted by Gasteiger charge is 2.29. The molecule has 5 rings (SSSR count). The van der Waals surface area contributed by atoms with E-state index in [1.54, 1.807) is 23.8 Å². The molecule has 2 N–H and O–H groups in total. The number of nitrogens with one attached hydrogen (secondary N) is 2. The Morgan fingerprint density at radius 2 is 1.91 bits per heavy atom. The predicted octanol–water partition coefficient (Wildman–Crippen LogP) is 3.47. The first-order chi connectivity index (χ1) is 16.0. The van der Waals surface area contributed by atoms with Gasteiger partial charge < -0.3 is 10.2 Å². The minimum absolute atomic E-state index is 0.0762. The summed E-state index contributed by atoms with van der Waals surface area (Å²) >= 11 is 1.21. The molecule has 172 valence electrons. The summed E-state index contributed by atoms with van der Waals surface area (Å²) in [4.78, 5) is 27.9. The summed E-state index contributed by atoms with van der Waals surface area (Å²) in [5, 5.41) is 4.93. The molecule has 1 aromatic carbocycles. The lowest BCUT2D eigenvalue weighted by Crippen LogP contribution is -2.41. The minimum atomic E-state index is -3.73. The number of amides is 1. The molecule has 0 bridgehead atoms. The van der Waals surface area contributed by atoms with Crippen LogP contribution < -0.4 is 14.9 Å². The van der Waals surface area contributed by atoms with Gasteiger partial charge in [-0.1, -0.05) is 0 Å². The van der Waals surface area contributed by atoms with Crippen molar-refractivity contribution >= 4 is 43.9 Å². The maximum atomic E-state index is 12.9. The Hall–Kier alpha value is -3.05. The number of benzene rings is 1. The monoisotopic (exact) mass is 484 g/mol. The average Bonchev–Trinajstić information content (AvgIpc) is 3.57. The Morgan fingerprint density at radius 3 is 2.64 bits per heavy atom. The van der Waals surface area contributed by atoms with E-state index in [1.807, 2.05) is 0 Å². The molecule has 2 aromatic heterocycles. The molecule has 2 aliphatic rings. The number of anilines is 3. The smallest absolute Gasteiger partial charge is 0.263 e. The van der Waals surface area contributed by atoms with E-state index in [4.69, 9.17) is 0 Å². The zero-order valence-electron chi connectivity index (χ0n) is 17.8. The van der Waals surface area contributed by atoms with E-state index >= 15 is 0 Å². The highest BCUT2D eigenvalue weighted by molar-refractivity contribution is 7.93. The number of carbonyl (C=O) groups excluding carboxylic acids is 1. The van der Waals surface area contributed by atoms with Gasteiger partial charge in [0.25, 0.3) is 10.0 Å². The van der Waals surface area contributed by atoms with E-state index in [1.165, 1.54) is 42.5 Å². The average molecular weight is 485 g/mol. The fourth-order valence-electron chi connectivity index (χ4n) is 3.95. The van der Waals surface area contributed by atoms with Gasteiger partial charge in [-0.2, -0.15) is 0 Å². The molecule has 1 saturated heterocycles. The van der Waals surface area contributed by atoms with E-state index in [2.05, 4.69) is 36.0 Å². The lowest BCUT2D eigenvalue weighted by molar-refractivity contribution is -0.120. The van der Waals surface area contributed by atoms with Crippen LogP contribution in [0.3, 0.4) is 0 Å². The van der Waals surface area contributed by atoms with Crippen molar-refractivity contribution in [2.24, 2.45) is 5.92 Å². The highest BCUT2D eigenvalue weighted by Crippen LogP contribution is 2.39. The predicted molar refractivity (Wildman–Crippen MR) is 127 cm³/mol. The van der Waals surface area contributed by atoms with Crippen molar-refractivity contribution in [3.63, 3.8) is 0 Å². The quantitative estimate of drug-likeness (QED) is 0.527. The van der Waals surface area contributed by atoms with Gasteiger partial charge >= 0.3 is 0 Å². The summed E-state index contributed by atoms with van der Waals surface area (Å²) < 4.78 is 27.4. The number of nitrogens with zero attached hydrogens (tertiary/aromatic N) is 4. The van der Waals surface area contributed by atoms with E-state index in [-0.39, 0.29) is 16.7 Å². The molecule has 1 aliphatic carbocycles. The summed E-state index contributed by atoms with van der Waals surface area (Å²) in [6, 6.07) is 8.19. The van der Waals surface area contributed by atoms with Gasteiger partial charge in [0.2, 0.25) is 5.91 Å². The van der Waals surface area contributed by atoms with Crippen LogP contribution in [-0.2, 0) is 14.8 Å². The second-order valence-corrected chi connectivity index (χ2v) is 10.9. The van der Waals surface area contributed by atoms with Gasteiger partial charge in [0.15, 0.2) is 5.13 Å².